The van der Waals surface area contributed by atoms with Crippen LogP contribution in [-0.4, -0.2) is 25.3 Å². The van der Waals surface area contributed by atoms with Crippen molar-refractivity contribution in [2.45, 2.75) is 91.8 Å². The van der Waals surface area contributed by atoms with Gasteiger partial charge in [0.05, 0.1) is 6.61 Å². The Balaban J connectivity index is 2.09. The first kappa shape index (κ1) is 23.8. The quantitative estimate of drug-likeness (QED) is 0.205. The molecule has 0 spiro atoms. The van der Waals surface area contributed by atoms with Gasteiger partial charge in [-0.15, -0.1) is 0 Å². The third-order valence-corrected chi connectivity index (χ3v) is 6.63. The summed E-state index contributed by atoms with van der Waals surface area (Å²) >= 11 is 0. The molecule has 1 aliphatic rings. The molecule has 0 fully saturated rings. The topological polar surface area (TPSA) is 35.5 Å². The van der Waals surface area contributed by atoms with Crippen LogP contribution in [0.25, 0.3) is 0 Å². The van der Waals surface area contributed by atoms with E-state index in [1.807, 2.05) is 13.8 Å². The molecule has 3 heteroatoms. The van der Waals surface area contributed by atoms with Crippen LogP contribution in [0.5, 0.6) is 0 Å². The van der Waals surface area contributed by atoms with E-state index in [0.29, 0.717) is 12.5 Å². The Hall–Kier alpha value is -1.45. The van der Waals surface area contributed by atoms with Gasteiger partial charge >= 0.3 is 0 Å². The van der Waals surface area contributed by atoms with Gasteiger partial charge in [0.2, 0.25) is 0 Å². The van der Waals surface area contributed by atoms with Gasteiger partial charge in [0.1, 0.15) is 6.61 Å². The largest absolute Gasteiger partial charge is 0.353 e. The summed E-state index contributed by atoms with van der Waals surface area (Å²) in [4.78, 5) is 12.9. The third kappa shape index (κ3) is 5.58. The summed E-state index contributed by atoms with van der Waals surface area (Å²) in [6.45, 7) is 18.2. The van der Waals surface area contributed by atoms with Crippen molar-refractivity contribution in [3.63, 3.8) is 0 Å². The van der Waals surface area contributed by atoms with Crippen molar-refractivity contribution < 1.29 is 14.3 Å². The number of fused-ring (bicyclic) bond motifs is 1. The predicted molar refractivity (Wildman–Crippen MR) is 121 cm³/mol. The minimum atomic E-state index is -0.386. The average Bonchev–Trinajstić information content (AvgIpc) is 2.64. The van der Waals surface area contributed by atoms with Crippen molar-refractivity contribution in [3.05, 3.63) is 46.5 Å². The Morgan fingerprint density at radius 2 is 1.86 bits per heavy atom. The van der Waals surface area contributed by atoms with Crippen molar-refractivity contribution in [1.82, 2.24) is 0 Å². The zero-order valence-electron chi connectivity index (χ0n) is 19.7. The van der Waals surface area contributed by atoms with Crippen LogP contribution >= 0.6 is 0 Å². The smallest absolute Gasteiger partial charge is 0.188 e. The molecule has 0 aliphatic heterocycles. The van der Waals surface area contributed by atoms with Gasteiger partial charge in [-0.2, -0.15) is 0 Å². The average molecular weight is 401 g/mol. The van der Waals surface area contributed by atoms with Crippen LogP contribution in [-0.2, 0) is 20.3 Å². The highest BCUT2D eigenvalue weighted by Crippen LogP contribution is 2.49. The second-order valence-corrected chi connectivity index (χ2v) is 9.76. The maximum absolute atomic E-state index is 12.9. The fourth-order valence-corrected chi connectivity index (χ4v) is 4.40. The fourth-order valence-electron chi connectivity index (χ4n) is 4.40. The van der Waals surface area contributed by atoms with Gasteiger partial charge in [-0.25, -0.2) is 0 Å². The van der Waals surface area contributed by atoms with Crippen LogP contribution in [0.1, 0.15) is 94.8 Å². The fraction of sp³-hybridized carbons (Fsp3) is 0.654. The van der Waals surface area contributed by atoms with Crippen LogP contribution in [0, 0.1) is 12.8 Å². The van der Waals surface area contributed by atoms with Gasteiger partial charge in [0.25, 0.3) is 0 Å². The van der Waals surface area contributed by atoms with E-state index in [9.17, 15) is 4.79 Å². The first-order chi connectivity index (χ1) is 13.5. The Labute approximate surface area is 177 Å². The van der Waals surface area contributed by atoms with Gasteiger partial charge in [0, 0.05) is 5.56 Å². The molecule has 0 heterocycles. The number of rotatable bonds is 9. The van der Waals surface area contributed by atoms with E-state index >= 15 is 0 Å². The molecule has 29 heavy (non-hydrogen) atoms. The summed E-state index contributed by atoms with van der Waals surface area (Å²) < 4.78 is 11.3. The summed E-state index contributed by atoms with van der Waals surface area (Å²) in [7, 11) is 0. The molecule has 0 saturated heterocycles. The molecular formula is C26H40O3. The number of hydrogen-bond donors (Lipinski definition) is 0. The number of carbonyl (C=O) groups excluding carboxylic acids is 1. The molecule has 0 aromatic heterocycles. The zero-order valence-corrected chi connectivity index (χ0v) is 19.7. The van der Waals surface area contributed by atoms with E-state index < -0.39 is 0 Å². The van der Waals surface area contributed by atoms with E-state index in [1.165, 1.54) is 11.1 Å². The summed E-state index contributed by atoms with van der Waals surface area (Å²) in [5.74, 6) is 0.623. The number of hydrogen-bond acceptors (Lipinski definition) is 3. The van der Waals surface area contributed by atoms with E-state index in [0.717, 1.165) is 30.4 Å². The Bertz CT molecular complexity index is 743. The lowest BCUT2D eigenvalue weighted by Gasteiger charge is -2.47. The number of aryl methyl sites for hydroxylation is 1. The van der Waals surface area contributed by atoms with Gasteiger partial charge in [-0.3, -0.25) is 4.79 Å². The third-order valence-electron chi connectivity index (χ3n) is 6.63. The highest BCUT2D eigenvalue weighted by molar-refractivity contribution is 5.98. The van der Waals surface area contributed by atoms with Crippen LogP contribution in [0.3, 0.4) is 0 Å². The summed E-state index contributed by atoms with van der Waals surface area (Å²) in [6, 6.07) is 4.37. The van der Waals surface area contributed by atoms with Gasteiger partial charge in [-0.05, 0) is 72.6 Å². The number of benzene rings is 1. The van der Waals surface area contributed by atoms with Crippen LogP contribution in [0.2, 0.25) is 0 Å². The lowest BCUT2D eigenvalue weighted by molar-refractivity contribution is -0.121. The molecule has 0 N–H and O–H groups in total. The molecule has 0 bridgehead atoms. The summed E-state index contributed by atoms with van der Waals surface area (Å²) in [5, 5.41) is 0. The molecule has 2 rings (SSSR count). The maximum atomic E-state index is 12.9. The molecular weight excluding hydrogens is 360 g/mol. The van der Waals surface area contributed by atoms with Crippen molar-refractivity contribution >= 4 is 5.78 Å². The van der Waals surface area contributed by atoms with Crippen molar-refractivity contribution in [2.75, 3.05) is 13.2 Å². The number of carbonyl (C=O) groups is 1. The lowest BCUT2D eigenvalue weighted by Crippen LogP contribution is -2.40. The van der Waals surface area contributed by atoms with Crippen LogP contribution in [0.15, 0.2) is 24.3 Å². The molecule has 162 valence electrons. The number of allylic oxidation sites excluding steroid dienone is 1. The second-order valence-electron chi connectivity index (χ2n) is 9.76. The SMILES string of the molecule is CCC=CCCOC(C)OCC(=O)c1cc2c(cc1C)C(C)(C)C(C)CC2(C)C. The van der Waals surface area contributed by atoms with E-state index in [1.54, 1.807) is 0 Å². The molecule has 1 aromatic rings. The predicted octanol–water partition coefficient (Wildman–Crippen LogP) is 6.51. The van der Waals surface area contributed by atoms with E-state index in [4.69, 9.17) is 9.47 Å². The Kier molecular flexibility index (Phi) is 7.86. The highest BCUT2D eigenvalue weighted by atomic mass is 16.7. The van der Waals surface area contributed by atoms with Gasteiger partial charge < -0.3 is 9.47 Å². The molecule has 1 aliphatic carbocycles. The second kappa shape index (κ2) is 9.57. The monoisotopic (exact) mass is 400 g/mol. The molecule has 0 amide bonds. The minimum Gasteiger partial charge on any atom is -0.353 e. The van der Waals surface area contributed by atoms with Crippen LogP contribution in [0.4, 0.5) is 0 Å². The van der Waals surface area contributed by atoms with E-state index in [2.05, 4.69) is 65.8 Å². The maximum Gasteiger partial charge on any atom is 0.188 e. The van der Waals surface area contributed by atoms with Crippen molar-refractivity contribution in [1.29, 1.82) is 0 Å². The molecule has 1 aromatic carbocycles. The minimum absolute atomic E-state index is 0.0267. The first-order valence-corrected chi connectivity index (χ1v) is 11.1. The molecule has 0 radical (unpaired) electrons. The van der Waals surface area contributed by atoms with Crippen molar-refractivity contribution in [2.24, 2.45) is 5.92 Å². The normalized spacial score (nSPS) is 21.2. The lowest BCUT2D eigenvalue weighted by atomic mass is 9.58. The van der Waals surface area contributed by atoms with Gasteiger partial charge in [0.15, 0.2) is 12.1 Å². The number of ether oxygens (including phenoxy) is 2. The summed E-state index contributed by atoms with van der Waals surface area (Å²) in [6.07, 6.45) is 6.87. The first-order valence-electron chi connectivity index (χ1n) is 11.1. The molecule has 2 atom stereocenters. The zero-order chi connectivity index (χ0) is 21.8. The summed E-state index contributed by atoms with van der Waals surface area (Å²) in [5.41, 5.74) is 4.68. The van der Waals surface area contributed by atoms with E-state index in [-0.39, 0.29) is 29.5 Å². The van der Waals surface area contributed by atoms with Crippen molar-refractivity contribution in [3.8, 4) is 0 Å². The number of ketones is 1. The molecule has 2 unspecified atom stereocenters. The molecule has 3 nitrogen and oxygen atoms in total. The number of Topliss-reactive ketones (excluding diaryl/α,β-unsaturated/α-hetero) is 1. The standard InChI is InChI=1S/C26H40O3/c1-9-10-11-12-13-28-20(4)29-17-24(27)21-15-22-23(14-18(21)2)26(7,8)19(3)16-25(22,5)6/h10-11,14-15,19-20H,9,12-13,16-17H2,1-8H3. The highest BCUT2D eigenvalue weighted by Gasteiger charge is 2.42. The molecule has 0 saturated carbocycles. The Morgan fingerprint density at radius 3 is 2.52 bits per heavy atom. The Morgan fingerprint density at radius 1 is 1.17 bits per heavy atom. The van der Waals surface area contributed by atoms with Crippen LogP contribution < -0.4 is 0 Å². The van der Waals surface area contributed by atoms with Gasteiger partial charge in [-0.1, -0.05) is 59.8 Å².